The van der Waals surface area contributed by atoms with Crippen molar-refractivity contribution in [2.45, 2.75) is 23.1 Å². The lowest BCUT2D eigenvalue weighted by atomic mass is 10.1. The molecule has 1 aromatic heterocycles. The summed E-state index contributed by atoms with van der Waals surface area (Å²) in [6.45, 7) is 0. The van der Waals surface area contributed by atoms with Crippen LogP contribution in [-0.4, -0.2) is 33.2 Å². The van der Waals surface area contributed by atoms with E-state index in [9.17, 15) is 9.90 Å². The summed E-state index contributed by atoms with van der Waals surface area (Å²) in [7, 11) is 1.63. The van der Waals surface area contributed by atoms with Gasteiger partial charge in [0.15, 0.2) is 6.04 Å². The number of aromatic nitrogens is 3. The first-order chi connectivity index (χ1) is 12.7. The zero-order chi connectivity index (χ0) is 18.4. The van der Waals surface area contributed by atoms with Gasteiger partial charge in [-0.3, -0.25) is 0 Å². The van der Waals surface area contributed by atoms with E-state index in [0.717, 1.165) is 21.9 Å². The van der Waals surface area contributed by atoms with E-state index in [2.05, 4.69) is 10.3 Å². The van der Waals surface area contributed by atoms with E-state index in [-0.39, 0.29) is 0 Å². The molecule has 6 nitrogen and oxygen atoms in total. The molecule has 0 spiro atoms. The molecule has 0 fully saturated rings. The molecule has 2 aromatic carbocycles. The lowest BCUT2D eigenvalue weighted by molar-refractivity contribution is -0.141. The van der Waals surface area contributed by atoms with Gasteiger partial charge in [0.25, 0.3) is 0 Å². The number of carbonyl (C=O) groups is 1. The second kappa shape index (κ2) is 8.53. The normalized spacial score (nSPS) is 11.9. The van der Waals surface area contributed by atoms with Crippen molar-refractivity contribution in [2.24, 2.45) is 0 Å². The third-order valence-electron chi connectivity index (χ3n) is 3.86. The van der Waals surface area contributed by atoms with Gasteiger partial charge in [-0.05, 0) is 23.8 Å². The Morgan fingerprint density at radius 1 is 1.23 bits per heavy atom. The number of carboxylic acids is 1. The van der Waals surface area contributed by atoms with Crippen LogP contribution in [0, 0.1) is 0 Å². The molecule has 0 aliphatic heterocycles. The minimum absolute atomic E-state index is 0.363. The molecule has 1 atom stereocenters. The van der Waals surface area contributed by atoms with E-state index < -0.39 is 12.0 Å². The molecule has 0 bridgehead atoms. The highest BCUT2D eigenvalue weighted by Crippen LogP contribution is 2.25. The standard InChI is InChI=1S/C19H19N3O3S/c1-25-16-8-5-9-17(11-16)26-13-15-12-22(21-20-15)18(19(23)24)10-14-6-3-2-4-7-14/h2-9,11-12,18H,10,13H2,1H3,(H,23,24)/t18-/m0/s1. The van der Waals surface area contributed by atoms with Crippen LogP contribution in [0.5, 0.6) is 5.75 Å². The molecule has 0 saturated heterocycles. The van der Waals surface area contributed by atoms with E-state index in [0.29, 0.717) is 12.2 Å². The van der Waals surface area contributed by atoms with Crippen LogP contribution in [-0.2, 0) is 17.0 Å². The fourth-order valence-corrected chi connectivity index (χ4v) is 3.33. The van der Waals surface area contributed by atoms with Gasteiger partial charge in [-0.25, -0.2) is 9.48 Å². The Morgan fingerprint density at radius 2 is 2.04 bits per heavy atom. The zero-order valence-electron chi connectivity index (χ0n) is 14.3. The molecule has 1 heterocycles. The van der Waals surface area contributed by atoms with Crippen LogP contribution in [0.25, 0.3) is 0 Å². The number of thioether (sulfide) groups is 1. The first-order valence-corrected chi connectivity index (χ1v) is 9.08. The van der Waals surface area contributed by atoms with Crippen molar-refractivity contribution >= 4 is 17.7 Å². The van der Waals surface area contributed by atoms with Gasteiger partial charge >= 0.3 is 5.97 Å². The fraction of sp³-hybridized carbons (Fsp3) is 0.211. The van der Waals surface area contributed by atoms with E-state index in [1.54, 1.807) is 25.1 Å². The first kappa shape index (κ1) is 18.0. The van der Waals surface area contributed by atoms with E-state index in [1.165, 1.54) is 4.68 Å². The number of hydrogen-bond donors (Lipinski definition) is 1. The quantitative estimate of drug-likeness (QED) is 0.613. The van der Waals surface area contributed by atoms with Crippen molar-refractivity contribution < 1.29 is 14.6 Å². The van der Waals surface area contributed by atoms with Crippen LogP contribution in [0.1, 0.15) is 17.3 Å². The average molecular weight is 369 g/mol. The molecule has 26 heavy (non-hydrogen) atoms. The molecule has 0 aliphatic rings. The van der Waals surface area contributed by atoms with Crippen molar-refractivity contribution in [1.29, 1.82) is 0 Å². The smallest absolute Gasteiger partial charge is 0.328 e. The summed E-state index contributed by atoms with van der Waals surface area (Å²) in [4.78, 5) is 12.7. The molecule has 3 aromatic rings. The van der Waals surface area contributed by atoms with Crippen LogP contribution in [0.3, 0.4) is 0 Å². The maximum atomic E-state index is 11.7. The van der Waals surface area contributed by atoms with E-state index >= 15 is 0 Å². The number of benzene rings is 2. The summed E-state index contributed by atoms with van der Waals surface area (Å²) in [5.74, 6) is 0.475. The summed E-state index contributed by atoms with van der Waals surface area (Å²) < 4.78 is 6.64. The number of methoxy groups -OCH3 is 1. The third kappa shape index (κ3) is 4.64. The van der Waals surface area contributed by atoms with Gasteiger partial charge in [-0.2, -0.15) is 0 Å². The molecular weight excluding hydrogens is 350 g/mol. The first-order valence-electron chi connectivity index (χ1n) is 8.10. The second-order valence-corrected chi connectivity index (χ2v) is 6.75. The minimum atomic E-state index is -0.925. The Kier molecular flexibility index (Phi) is 5.91. The number of aliphatic carboxylic acids is 1. The Morgan fingerprint density at radius 3 is 2.77 bits per heavy atom. The highest BCUT2D eigenvalue weighted by atomic mass is 32.2. The summed E-state index contributed by atoms with van der Waals surface area (Å²) in [6.07, 6.45) is 2.07. The number of carboxylic acid groups (broad SMARTS) is 1. The van der Waals surface area contributed by atoms with Crippen LogP contribution >= 0.6 is 11.8 Å². The molecule has 0 unspecified atom stereocenters. The Hall–Kier alpha value is -2.80. The second-order valence-electron chi connectivity index (χ2n) is 5.70. The van der Waals surface area contributed by atoms with E-state index in [4.69, 9.17) is 4.74 Å². The van der Waals surface area contributed by atoms with Crippen LogP contribution in [0.4, 0.5) is 0 Å². The van der Waals surface area contributed by atoms with Crippen LogP contribution in [0.2, 0.25) is 0 Å². The van der Waals surface area contributed by atoms with E-state index in [1.807, 2.05) is 54.6 Å². The molecule has 3 rings (SSSR count). The Balaban J connectivity index is 1.67. The molecule has 7 heteroatoms. The number of ether oxygens (including phenoxy) is 1. The Labute approximate surface area is 155 Å². The Bertz CT molecular complexity index is 867. The van der Waals surface area contributed by atoms with Crippen molar-refractivity contribution in [2.75, 3.05) is 7.11 Å². The van der Waals surface area contributed by atoms with Gasteiger partial charge in [0.1, 0.15) is 5.75 Å². The van der Waals surface area contributed by atoms with Crippen LogP contribution in [0.15, 0.2) is 65.7 Å². The molecule has 0 amide bonds. The average Bonchev–Trinajstić information content (AvgIpc) is 3.14. The van der Waals surface area contributed by atoms with Gasteiger partial charge < -0.3 is 9.84 Å². The van der Waals surface area contributed by atoms with Gasteiger partial charge in [0, 0.05) is 17.1 Å². The largest absolute Gasteiger partial charge is 0.497 e. The predicted octanol–water partition coefficient (Wildman–Crippen LogP) is 3.45. The fourth-order valence-electron chi connectivity index (χ4n) is 2.51. The lowest BCUT2D eigenvalue weighted by Crippen LogP contribution is -2.22. The summed E-state index contributed by atoms with van der Waals surface area (Å²) in [5, 5.41) is 17.7. The van der Waals surface area contributed by atoms with Crippen LogP contribution < -0.4 is 4.74 Å². The zero-order valence-corrected chi connectivity index (χ0v) is 15.1. The molecule has 0 radical (unpaired) electrons. The predicted molar refractivity (Wildman–Crippen MR) is 99.4 cm³/mol. The van der Waals surface area contributed by atoms with Gasteiger partial charge in [-0.15, -0.1) is 16.9 Å². The summed E-state index contributed by atoms with van der Waals surface area (Å²) >= 11 is 1.60. The summed E-state index contributed by atoms with van der Waals surface area (Å²) in [6, 6.07) is 16.5. The third-order valence-corrected chi connectivity index (χ3v) is 4.89. The summed E-state index contributed by atoms with van der Waals surface area (Å²) in [5.41, 5.74) is 1.68. The molecule has 1 N–H and O–H groups in total. The number of nitrogens with zero attached hydrogens (tertiary/aromatic N) is 3. The molecule has 0 aliphatic carbocycles. The molecule has 0 saturated carbocycles. The van der Waals surface area contributed by atoms with Gasteiger partial charge in [0.05, 0.1) is 19.0 Å². The van der Waals surface area contributed by atoms with Crippen molar-refractivity contribution in [3.63, 3.8) is 0 Å². The highest BCUT2D eigenvalue weighted by molar-refractivity contribution is 7.98. The lowest BCUT2D eigenvalue weighted by Gasteiger charge is -2.12. The maximum Gasteiger partial charge on any atom is 0.328 e. The topological polar surface area (TPSA) is 77.2 Å². The van der Waals surface area contributed by atoms with Crippen molar-refractivity contribution in [3.05, 3.63) is 72.1 Å². The monoisotopic (exact) mass is 369 g/mol. The number of hydrogen-bond acceptors (Lipinski definition) is 5. The minimum Gasteiger partial charge on any atom is -0.497 e. The maximum absolute atomic E-state index is 11.7. The molecular formula is C19H19N3O3S. The molecule has 134 valence electrons. The number of rotatable bonds is 8. The van der Waals surface area contributed by atoms with Crippen molar-refractivity contribution in [3.8, 4) is 5.75 Å². The highest BCUT2D eigenvalue weighted by Gasteiger charge is 2.21. The van der Waals surface area contributed by atoms with Gasteiger partial charge in [-0.1, -0.05) is 41.6 Å². The van der Waals surface area contributed by atoms with Crippen molar-refractivity contribution in [1.82, 2.24) is 15.0 Å². The van der Waals surface area contributed by atoms with Gasteiger partial charge in [0.2, 0.25) is 0 Å². The SMILES string of the molecule is COc1cccc(SCc2cn([C@@H](Cc3ccccc3)C(=O)O)nn2)c1.